The average molecular weight is 430 g/mol. The molecule has 0 aliphatic carbocycles. The van der Waals surface area contributed by atoms with Gasteiger partial charge in [0.1, 0.15) is 12.3 Å². The molecule has 1 amide bonds. The van der Waals surface area contributed by atoms with Gasteiger partial charge in [-0.25, -0.2) is 9.78 Å². The van der Waals surface area contributed by atoms with Crippen LogP contribution in [0.1, 0.15) is 37.7 Å². The van der Waals surface area contributed by atoms with Crippen LogP contribution in [0.25, 0.3) is 5.57 Å². The normalized spacial score (nSPS) is 12.0. The third-order valence-electron chi connectivity index (χ3n) is 4.49. The van der Waals surface area contributed by atoms with E-state index in [9.17, 15) is 4.79 Å². The highest BCUT2D eigenvalue weighted by Crippen LogP contribution is 2.25. The molecule has 1 aromatic heterocycles. The summed E-state index contributed by atoms with van der Waals surface area (Å²) in [7, 11) is -1.09. The summed E-state index contributed by atoms with van der Waals surface area (Å²) in [6, 6.07) is 8.63. The summed E-state index contributed by atoms with van der Waals surface area (Å²) >= 11 is 0. The summed E-state index contributed by atoms with van der Waals surface area (Å²) in [4.78, 5) is 16.4. The predicted octanol–water partition coefficient (Wildman–Crippen LogP) is 5.91. The van der Waals surface area contributed by atoms with E-state index in [1.165, 1.54) is 0 Å². The van der Waals surface area contributed by atoms with Gasteiger partial charge in [-0.05, 0) is 51.4 Å². The minimum Gasteiger partial charge on any atom is -0.444 e. The van der Waals surface area contributed by atoms with Crippen molar-refractivity contribution in [2.75, 3.05) is 11.9 Å². The van der Waals surface area contributed by atoms with E-state index in [0.717, 1.165) is 35.2 Å². The molecule has 0 radical (unpaired) electrons. The lowest BCUT2D eigenvalue weighted by Gasteiger charge is -2.19. The first-order valence-electron chi connectivity index (χ1n) is 10.2. The standard InChI is InChI=1S/C23H35N3O3Si/c1-17(19-9-11-20(12-10-19)25-22(27)29-23(3,4)5)21-18(2)26(15-24-21)16-28-13-14-30(6,7)8/h9-12,15H,1,13-14,16H2,2-8H3,(H,25,27). The lowest BCUT2D eigenvalue weighted by Crippen LogP contribution is -2.27. The molecule has 164 valence electrons. The molecule has 0 saturated heterocycles. The summed E-state index contributed by atoms with van der Waals surface area (Å²) in [6.07, 6.45) is 1.32. The second kappa shape index (κ2) is 9.62. The maximum atomic E-state index is 11.9. The number of anilines is 1. The SMILES string of the molecule is C=C(c1ccc(NC(=O)OC(C)(C)C)cc1)c1ncn(COCC[Si](C)(C)C)c1C. The molecule has 7 heteroatoms. The molecule has 0 bridgehead atoms. The number of nitrogens with zero attached hydrogens (tertiary/aromatic N) is 2. The molecular weight excluding hydrogens is 394 g/mol. The van der Waals surface area contributed by atoms with E-state index in [1.807, 2.05) is 56.5 Å². The molecule has 0 unspecified atom stereocenters. The number of carbonyl (C=O) groups excluding carboxylic acids is 1. The van der Waals surface area contributed by atoms with Crippen molar-refractivity contribution >= 4 is 25.4 Å². The zero-order valence-corrected chi connectivity index (χ0v) is 20.3. The van der Waals surface area contributed by atoms with E-state index in [0.29, 0.717) is 12.4 Å². The maximum Gasteiger partial charge on any atom is 0.412 e. The van der Waals surface area contributed by atoms with Crippen LogP contribution < -0.4 is 5.32 Å². The van der Waals surface area contributed by atoms with Gasteiger partial charge in [-0.15, -0.1) is 0 Å². The van der Waals surface area contributed by atoms with Gasteiger partial charge in [-0.3, -0.25) is 5.32 Å². The Hall–Kier alpha value is -2.38. The van der Waals surface area contributed by atoms with Crippen LogP contribution in [0, 0.1) is 6.92 Å². The largest absolute Gasteiger partial charge is 0.444 e. The number of carbonyl (C=O) groups is 1. The van der Waals surface area contributed by atoms with Crippen LogP contribution in [0.5, 0.6) is 0 Å². The van der Waals surface area contributed by atoms with Crippen LogP contribution in [0.2, 0.25) is 25.7 Å². The van der Waals surface area contributed by atoms with Crippen molar-refractivity contribution in [3.05, 3.63) is 54.1 Å². The second-order valence-electron chi connectivity index (χ2n) is 9.68. The van der Waals surface area contributed by atoms with Crippen LogP contribution in [0.4, 0.5) is 10.5 Å². The third-order valence-corrected chi connectivity index (χ3v) is 6.20. The summed E-state index contributed by atoms with van der Waals surface area (Å²) in [5.41, 5.74) is 3.77. The summed E-state index contributed by atoms with van der Waals surface area (Å²) in [5.74, 6) is 0. The number of nitrogens with one attached hydrogen (secondary N) is 1. The summed E-state index contributed by atoms with van der Waals surface area (Å²) < 4.78 is 13.1. The minimum absolute atomic E-state index is 0.474. The van der Waals surface area contributed by atoms with Crippen molar-refractivity contribution in [1.82, 2.24) is 9.55 Å². The van der Waals surface area contributed by atoms with Gasteiger partial charge in [0.2, 0.25) is 0 Å². The van der Waals surface area contributed by atoms with Gasteiger partial charge in [0.05, 0.1) is 12.0 Å². The molecule has 1 aromatic carbocycles. The molecule has 0 aliphatic heterocycles. The van der Waals surface area contributed by atoms with Gasteiger partial charge < -0.3 is 14.0 Å². The molecule has 1 N–H and O–H groups in total. The van der Waals surface area contributed by atoms with Crippen molar-refractivity contribution in [1.29, 1.82) is 0 Å². The van der Waals surface area contributed by atoms with Gasteiger partial charge in [0, 0.05) is 31.6 Å². The first kappa shape index (κ1) is 23.9. The van der Waals surface area contributed by atoms with Crippen LogP contribution in [-0.4, -0.2) is 35.9 Å². The first-order chi connectivity index (χ1) is 13.9. The van der Waals surface area contributed by atoms with Crippen LogP contribution in [0.15, 0.2) is 37.2 Å². The number of hydrogen-bond acceptors (Lipinski definition) is 4. The zero-order chi connectivity index (χ0) is 22.5. The molecule has 0 aliphatic rings. The number of amides is 1. The molecule has 2 aromatic rings. The fourth-order valence-electron chi connectivity index (χ4n) is 2.72. The fourth-order valence-corrected chi connectivity index (χ4v) is 3.48. The number of rotatable bonds is 8. The molecule has 2 rings (SSSR count). The Bertz CT molecular complexity index is 875. The van der Waals surface area contributed by atoms with Gasteiger partial charge >= 0.3 is 6.09 Å². The van der Waals surface area contributed by atoms with Gasteiger partial charge in [0.25, 0.3) is 0 Å². The molecule has 0 saturated carbocycles. The smallest absolute Gasteiger partial charge is 0.412 e. The van der Waals surface area contributed by atoms with Crippen molar-refractivity contribution in [2.24, 2.45) is 0 Å². The Morgan fingerprint density at radius 1 is 1.20 bits per heavy atom. The molecule has 0 spiro atoms. The van der Waals surface area contributed by atoms with Crippen molar-refractivity contribution in [3.8, 4) is 0 Å². The molecular formula is C23H35N3O3Si. The number of imidazole rings is 1. The Labute approximate surface area is 181 Å². The fraction of sp³-hybridized carbons (Fsp3) is 0.478. The molecule has 30 heavy (non-hydrogen) atoms. The van der Waals surface area contributed by atoms with Gasteiger partial charge in [-0.2, -0.15) is 0 Å². The van der Waals surface area contributed by atoms with E-state index in [1.54, 1.807) is 6.33 Å². The monoisotopic (exact) mass is 429 g/mol. The average Bonchev–Trinajstić information content (AvgIpc) is 2.97. The van der Waals surface area contributed by atoms with E-state index < -0.39 is 19.8 Å². The quantitative estimate of drug-likeness (QED) is 0.418. The van der Waals surface area contributed by atoms with E-state index >= 15 is 0 Å². The Kier molecular flexibility index (Phi) is 7.66. The molecule has 6 nitrogen and oxygen atoms in total. The zero-order valence-electron chi connectivity index (χ0n) is 19.3. The van der Waals surface area contributed by atoms with E-state index in [2.05, 4.69) is 36.5 Å². The summed E-state index contributed by atoms with van der Waals surface area (Å²) in [5, 5.41) is 2.73. The van der Waals surface area contributed by atoms with Crippen LogP contribution in [0.3, 0.4) is 0 Å². The van der Waals surface area contributed by atoms with Crippen molar-refractivity contribution in [2.45, 2.75) is 65.7 Å². The summed E-state index contributed by atoms with van der Waals surface area (Å²) in [6.45, 7) is 20.0. The predicted molar refractivity (Wildman–Crippen MR) is 126 cm³/mol. The molecule has 1 heterocycles. The molecule has 0 atom stereocenters. The van der Waals surface area contributed by atoms with Crippen LogP contribution >= 0.6 is 0 Å². The highest BCUT2D eigenvalue weighted by atomic mass is 28.3. The Balaban J connectivity index is 1.98. The van der Waals surface area contributed by atoms with Crippen molar-refractivity contribution < 1.29 is 14.3 Å². The van der Waals surface area contributed by atoms with Crippen molar-refractivity contribution in [3.63, 3.8) is 0 Å². The topological polar surface area (TPSA) is 65.4 Å². The number of ether oxygens (including phenoxy) is 2. The lowest BCUT2D eigenvalue weighted by atomic mass is 10.0. The lowest BCUT2D eigenvalue weighted by molar-refractivity contribution is 0.0636. The number of benzene rings is 1. The van der Waals surface area contributed by atoms with E-state index in [4.69, 9.17) is 9.47 Å². The highest BCUT2D eigenvalue weighted by molar-refractivity contribution is 6.76. The maximum absolute atomic E-state index is 11.9. The second-order valence-corrected chi connectivity index (χ2v) is 15.3. The highest BCUT2D eigenvalue weighted by Gasteiger charge is 2.17. The number of aromatic nitrogens is 2. The molecule has 0 fully saturated rings. The van der Waals surface area contributed by atoms with Gasteiger partial charge in [0.15, 0.2) is 0 Å². The van der Waals surface area contributed by atoms with Gasteiger partial charge in [-0.1, -0.05) is 38.4 Å². The minimum atomic E-state index is -1.09. The first-order valence-corrected chi connectivity index (χ1v) is 14.0. The van der Waals surface area contributed by atoms with Crippen LogP contribution in [-0.2, 0) is 16.2 Å². The number of hydrogen-bond donors (Lipinski definition) is 1. The van der Waals surface area contributed by atoms with E-state index in [-0.39, 0.29) is 0 Å². The Morgan fingerprint density at radius 2 is 1.83 bits per heavy atom. The third kappa shape index (κ3) is 7.46. The Morgan fingerprint density at radius 3 is 2.40 bits per heavy atom.